The maximum Gasteiger partial charge on any atom is 0.123 e. The molecule has 0 amide bonds. The average Bonchev–Trinajstić information content (AvgIpc) is 2.39. The molecular formula is C15H14ClFO. The summed E-state index contributed by atoms with van der Waals surface area (Å²) in [7, 11) is 0. The summed E-state index contributed by atoms with van der Waals surface area (Å²) >= 11 is 5.98. The van der Waals surface area contributed by atoms with Crippen LogP contribution in [-0.4, -0.2) is 11.0 Å². The van der Waals surface area contributed by atoms with Gasteiger partial charge in [-0.25, -0.2) is 4.39 Å². The van der Waals surface area contributed by atoms with Gasteiger partial charge >= 0.3 is 0 Å². The van der Waals surface area contributed by atoms with Gasteiger partial charge < -0.3 is 5.11 Å². The van der Waals surface area contributed by atoms with E-state index in [0.717, 1.165) is 17.5 Å². The van der Waals surface area contributed by atoms with Gasteiger partial charge in [0.15, 0.2) is 0 Å². The first kappa shape index (κ1) is 12.9. The number of alkyl halides is 1. The third-order valence-corrected chi connectivity index (χ3v) is 3.32. The molecule has 0 bridgehead atoms. The van der Waals surface area contributed by atoms with Crippen molar-refractivity contribution in [1.82, 2.24) is 0 Å². The zero-order chi connectivity index (χ0) is 13.0. The molecule has 2 aromatic carbocycles. The van der Waals surface area contributed by atoms with Gasteiger partial charge in [0.05, 0.1) is 0 Å². The van der Waals surface area contributed by atoms with Crippen LogP contribution in [0.5, 0.6) is 5.75 Å². The third-order valence-electron chi connectivity index (χ3n) is 2.95. The van der Waals surface area contributed by atoms with Crippen molar-refractivity contribution in [3.05, 3.63) is 65.5 Å². The van der Waals surface area contributed by atoms with Crippen molar-refractivity contribution >= 4 is 11.6 Å². The van der Waals surface area contributed by atoms with Crippen LogP contribution < -0.4 is 0 Å². The zero-order valence-corrected chi connectivity index (χ0v) is 10.6. The number of phenolic OH excluding ortho intramolecular Hbond substituents is 1. The van der Waals surface area contributed by atoms with Crippen LogP contribution in [0.1, 0.15) is 17.0 Å². The van der Waals surface area contributed by atoms with Crippen molar-refractivity contribution in [2.75, 3.05) is 5.88 Å². The van der Waals surface area contributed by atoms with E-state index in [0.29, 0.717) is 5.88 Å². The standard InChI is InChI=1S/C15H14ClFO/c16-10-13(12-3-5-14(17)6-4-12)9-11-1-7-15(18)8-2-11/h1-8,13,18H,9-10H2. The largest absolute Gasteiger partial charge is 0.508 e. The molecule has 0 aliphatic heterocycles. The number of hydrogen-bond donors (Lipinski definition) is 1. The average molecular weight is 265 g/mol. The number of benzene rings is 2. The van der Waals surface area contributed by atoms with Gasteiger partial charge in [-0.2, -0.15) is 0 Å². The Kier molecular flexibility index (Phi) is 4.21. The third kappa shape index (κ3) is 3.23. The quantitative estimate of drug-likeness (QED) is 0.825. The van der Waals surface area contributed by atoms with Crippen molar-refractivity contribution < 1.29 is 9.50 Å². The Bertz CT molecular complexity index is 493. The van der Waals surface area contributed by atoms with Crippen LogP contribution in [0.25, 0.3) is 0 Å². The van der Waals surface area contributed by atoms with Crippen molar-refractivity contribution in [2.24, 2.45) is 0 Å². The number of rotatable bonds is 4. The molecule has 1 N–H and O–H groups in total. The summed E-state index contributed by atoms with van der Waals surface area (Å²) in [4.78, 5) is 0. The Morgan fingerprint density at radius 2 is 1.61 bits per heavy atom. The lowest BCUT2D eigenvalue weighted by Gasteiger charge is -2.14. The van der Waals surface area contributed by atoms with Gasteiger partial charge in [0.1, 0.15) is 11.6 Å². The number of hydrogen-bond acceptors (Lipinski definition) is 1. The van der Waals surface area contributed by atoms with Crippen molar-refractivity contribution in [3.63, 3.8) is 0 Å². The molecule has 1 atom stereocenters. The highest BCUT2D eigenvalue weighted by atomic mass is 35.5. The first-order valence-corrected chi connectivity index (χ1v) is 6.32. The van der Waals surface area contributed by atoms with Crippen LogP contribution in [0.15, 0.2) is 48.5 Å². The summed E-state index contributed by atoms with van der Waals surface area (Å²) in [6, 6.07) is 13.5. The van der Waals surface area contributed by atoms with Crippen LogP contribution in [0.4, 0.5) is 4.39 Å². The molecule has 0 fully saturated rings. The SMILES string of the molecule is Oc1ccc(CC(CCl)c2ccc(F)cc2)cc1. The summed E-state index contributed by atoms with van der Waals surface area (Å²) in [5.41, 5.74) is 2.13. The van der Waals surface area contributed by atoms with E-state index in [9.17, 15) is 9.50 Å². The molecule has 18 heavy (non-hydrogen) atoms. The summed E-state index contributed by atoms with van der Waals surface area (Å²) in [5, 5.41) is 9.23. The monoisotopic (exact) mass is 264 g/mol. The molecule has 3 heteroatoms. The highest BCUT2D eigenvalue weighted by Gasteiger charge is 2.11. The molecule has 0 spiro atoms. The van der Waals surface area contributed by atoms with Gasteiger partial charge in [-0.3, -0.25) is 0 Å². The predicted octanol–water partition coefficient (Wildman–Crippen LogP) is 4.10. The molecule has 2 aromatic rings. The van der Waals surface area contributed by atoms with Gasteiger partial charge in [-0.05, 0) is 41.8 Å². The molecular weight excluding hydrogens is 251 g/mol. The van der Waals surface area contributed by atoms with Crippen molar-refractivity contribution in [2.45, 2.75) is 12.3 Å². The minimum absolute atomic E-state index is 0.150. The molecule has 94 valence electrons. The molecule has 1 unspecified atom stereocenters. The minimum Gasteiger partial charge on any atom is -0.508 e. The maximum absolute atomic E-state index is 12.9. The lowest BCUT2D eigenvalue weighted by atomic mass is 9.93. The van der Waals surface area contributed by atoms with Crippen molar-refractivity contribution in [1.29, 1.82) is 0 Å². The summed E-state index contributed by atoms with van der Waals surface area (Å²) in [6.45, 7) is 0. The first-order valence-electron chi connectivity index (χ1n) is 5.78. The van der Waals surface area contributed by atoms with E-state index in [1.165, 1.54) is 12.1 Å². The molecule has 0 saturated carbocycles. The Hall–Kier alpha value is -1.54. The zero-order valence-electron chi connectivity index (χ0n) is 9.81. The van der Waals surface area contributed by atoms with E-state index in [1.807, 2.05) is 12.1 Å². The van der Waals surface area contributed by atoms with E-state index >= 15 is 0 Å². The first-order chi connectivity index (χ1) is 8.69. The molecule has 0 radical (unpaired) electrons. The van der Waals surface area contributed by atoms with Gasteiger partial charge in [0.25, 0.3) is 0 Å². The van der Waals surface area contributed by atoms with Crippen LogP contribution >= 0.6 is 11.6 Å². The molecule has 1 nitrogen and oxygen atoms in total. The van der Waals surface area contributed by atoms with Crippen molar-refractivity contribution in [3.8, 4) is 5.75 Å². The highest BCUT2D eigenvalue weighted by molar-refractivity contribution is 6.18. The normalized spacial score (nSPS) is 12.3. The van der Waals surface area contributed by atoms with Gasteiger partial charge in [0.2, 0.25) is 0 Å². The van der Waals surface area contributed by atoms with E-state index in [-0.39, 0.29) is 17.5 Å². The number of aromatic hydroxyl groups is 1. The fraction of sp³-hybridized carbons (Fsp3) is 0.200. The molecule has 0 aliphatic carbocycles. The second-order valence-corrected chi connectivity index (χ2v) is 4.58. The topological polar surface area (TPSA) is 20.2 Å². The van der Waals surface area contributed by atoms with Gasteiger partial charge in [0, 0.05) is 11.8 Å². The lowest BCUT2D eigenvalue weighted by molar-refractivity contribution is 0.475. The molecule has 0 heterocycles. The molecule has 0 saturated heterocycles. The number of phenols is 1. The minimum atomic E-state index is -0.239. The van der Waals surface area contributed by atoms with Crippen LogP contribution in [-0.2, 0) is 6.42 Å². The van der Waals surface area contributed by atoms with E-state index in [4.69, 9.17) is 11.6 Å². The van der Waals surface area contributed by atoms with E-state index < -0.39 is 0 Å². The van der Waals surface area contributed by atoms with Gasteiger partial charge in [-0.15, -0.1) is 11.6 Å². The Balaban J connectivity index is 2.14. The van der Waals surface area contributed by atoms with E-state index in [1.54, 1.807) is 24.3 Å². The van der Waals surface area contributed by atoms with Crippen LogP contribution in [0.2, 0.25) is 0 Å². The second kappa shape index (κ2) is 5.87. The molecule has 0 aliphatic rings. The highest BCUT2D eigenvalue weighted by Crippen LogP contribution is 2.23. The maximum atomic E-state index is 12.9. The summed E-state index contributed by atoms with van der Waals surface area (Å²) in [5.74, 6) is 0.642. The molecule has 2 rings (SSSR count). The fourth-order valence-electron chi connectivity index (χ4n) is 1.91. The Morgan fingerprint density at radius 3 is 2.17 bits per heavy atom. The summed E-state index contributed by atoms with van der Waals surface area (Å²) in [6.07, 6.45) is 0.773. The lowest BCUT2D eigenvalue weighted by Crippen LogP contribution is -2.04. The Morgan fingerprint density at radius 1 is 1.00 bits per heavy atom. The number of halogens is 2. The summed E-state index contributed by atoms with van der Waals surface area (Å²) < 4.78 is 12.9. The predicted molar refractivity (Wildman–Crippen MR) is 71.7 cm³/mol. The van der Waals surface area contributed by atoms with Crippen LogP contribution in [0.3, 0.4) is 0 Å². The molecule has 0 aromatic heterocycles. The van der Waals surface area contributed by atoms with E-state index in [2.05, 4.69) is 0 Å². The smallest absolute Gasteiger partial charge is 0.123 e. The van der Waals surface area contributed by atoms with Crippen LogP contribution in [0, 0.1) is 5.82 Å². The Labute approximate surface area is 111 Å². The fourth-order valence-corrected chi connectivity index (χ4v) is 2.20. The van der Waals surface area contributed by atoms with Gasteiger partial charge in [-0.1, -0.05) is 24.3 Å². The second-order valence-electron chi connectivity index (χ2n) is 4.27.